The van der Waals surface area contributed by atoms with Gasteiger partial charge in [0.05, 0.1) is 28.9 Å². The molecule has 0 amide bonds. The Labute approximate surface area is 171 Å². The third-order valence-corrected chi connectivity index (χ3v) is 5.59. The molecule has 1 unspecified atom stereocenters. The average molecular weight is 421 g/mol. The van der Waals surface area contributed by atoms with Gasteiger partial charge in [-0.15, -0.1) is 0 Å². The minimum Gasteiger partial charge on any atom is -0.465 e. The normalized spacial score (nSPS) is 16.4. The Morgan fingerprint density at radius 2 is 2.21 bits per heavy atom. The molecule has 1 aromatic carbocycles. The Morgan fingerprint density at radius 1 is 1.46 bits per heavy atom. The van der Waals surface area contributed by atoms with E-state index in [2.05, 4.69) is 11.1 Å². The quantitative estimate of drug-likeness (QED) is 0.373. The van der Waals surface area contributed by atoms with E-state index in [-0.39, 0.29) is 24.0 Å². The van der Waals surface area contributed by atoms with Crippen LogP contribution in [0.25, 0.3) is 0 Å². The molecule has 0 saturated heterocycles. The molecule has 0 aromatic heterocycles. The molecule has 0 N–H and O–H groups in total. The Balaban J connectivity index is 2.51. The number of amidine groups is 1. The van der Waals surface area contributed by atoms with Crippen molar-refractivity contribution in [3.63, 3.8) is 0 Å². The Morgan fingerprint density at radius 3 is 2.79 bits per heavy atom. The van der Waals surface area contributed by atoms with Gasteiger partial charge >= 0.3 is 5.97 Å². The first-order chi connectivity index (χ1) is 13.5. The SMILES string of the molecule is CCOC(=O)CSC1=C(C#N)C(c2cccc([N+](=O)[O-])c2)N(CC)C(SC)=N1. The van der Waals surface area contributed by atoms with Gasteiger partial charge in [0.1, 0.15) is 11.1 Å². The van der Waals surface area contributed by atoms with Gasteiger partial charge in [-0.2, -0.15) is 5.26 Å². The second-order valence-electron chi connectivity index (χ2n) is 5.56. The number of likely N-dealkylation sites (N-methyl/N-ethyl adjacent to an activating group) is 1. The lowest BCUT2D eigenvalue weighted by Crippen LogP contribution is -2.36. The molecule has 10 heteroatoms. The number of benzene rings is 1. The highest BCUT2D eigenvalue weighted by molar-refractivity contribution is 8.13. The molecule has 1 heterocycles. The smallest absolute Gasteiger partial charge is 0.316 e. The van der Waals surface area contributed by atoms with Crippen LogP contribution in [-0.4, -0.2) is 46.1 Å². The predicted molar refractivity (Wildman–Crippen MR) is 111 cm³/mol. The number of nitriles is 1. The number of hydrogen-bond acceptors (Lipinski definition) is 9. The maximum Gasteiger partial charge on any atom is 0.316 e. The molecule has 8 nitrogen and oxygen atoms in total. The van der Waals surface area contributed by atoms with Crippen molar-refractivity contribution in [3.05, 3.63) is 50.5 Å². The molecule has 148 valence electrons. The Kier molecular flexibility index (Phi) is 7.90. The van der Waals surface area contributed by atoms with Crippen LogP contribution in [0.1, 0.15) is 25.5 Å². The fourth-order valence-electron chi connectivity index (χ4n) is 2.78. The van der Waals surface area contributed by atoms with Crippen LogP contribution in [0.5, 0.6) is 0 Å². The molecular formula is C18H20N4O4S2. The van der Waals surface area contributed by atoms with Gasteiger partial charge in [0.25, 0.3) is 5.69 Å². The topological polar surface area (TPSA) is 109 Å². The van der Waals surface area contributed by atoms with Crippen LogP contribution in [0.3, 0.4) is 0 Å². The van der Waals surface area contributed by atoms with Gasteiger partial charge in [0.2, 0.25) is 0 Å². The van der Waals surface area contributed by atoms with E-state index < -0.39 is 11.0 Å². The highest BCUT2D eigenvalue weighted by Crippen LogP contribution is 2.40. The van der Waals surface area contributed by atoms with Crippen LogP contribution in [0.15, 0.2) is 39.9 Å². The van der Waals surface area contributed by atoms with Gasteiger partial charge in [-0.05, 0) is 25.7 Å². The number of ether oxygens (including phenoxy) is 1. The maximum atomic E-state index is 11.7. The first kappa shape index (κ1) is 21.8. The molecule has 0 fully saturated rings. The van der Waals surface area contributed by atoms with Crippen molar-refractivity contribution in [2.24, 2.45) is 4.99 Å². The van der Waals surface area contributed by atoms with Crippen LogP contribution >= 0.6 is 23.5 Å². The summed E-state index contributed by atoms with van der Waals surface area (Å²) in [5, 5.41) is 22.1. The molecule has 0 bridgehead atoms. The fraction of sp³-hybridized carbons (Fsp3) is 0.389. The van der Waals surface area contributed by atoms with Gasteiger partial charge in [0.15, 0.2) is 5.17 Å². The number of thioether (sulfide) groups is 2. The Bertz CT molecular complexity index is 863. The zero-order valence-electron chi connectivity index (χ0n) is 15.7. The van der Waals surface area contributed by atoms with Crippen LogP contribution in [0, 0.1) is 21.4 Å². The predicted octanol–water partition coefficient (Wildman–Crippen LogP) is 3.72. The van der Waals surface area contributed by atoms with Crippen LogP contribution in [0.2, 0.25) is 0 Å². The lowest BCUT2D eigenvalue weighted by atomic mass is 9.97. The van der Waals surface area contributed by atoms with Crippen molar-refractivity contribution in [3.8, 4) is 6.07 Å². The van der Waals surface area contributed by atoms with E-state index in [1.54, 1.807) is 19.1 Å². The van der Waals surface area contributed by atoms with Gasteiger partial charge in [0, 0.05) is 18.7 Å². The number of carbonyl (C=O) groups is 1. The molecule has 1 atom stereocenters. The largest absolute Gasteiger partial charge is 0.465 e. The van der Waals surface area contributed by atoms with Gasteiger partial charge in [-0.3, -0.25) is 14.9 Å². The van der Waals surface area contributed by atoms with E-state index in [0.29, 0.717) is 27.9 Å². The van der Waals surface area contributed by atoms with E-state index in [1.165, 1.54) is 23.9 Å². The molecule has 2 rings (SSSR count). The summed E-state index contributed by atoms with van der Waals surface area (Å²) in [6, 6.07) is 7.93. The fourth-order valence-corrected chi connectivity index (χ4v) is 4.29. The van der Waals surface area contributed by atoms with Crippen LogP contribution in [-0.2, 0) is 9.53 Å². The number of non-ortho nitro benzene ring substituents is 1. The summed E-state index contributed by atoms with van der Waals surface area (Å²) in [7, 11) is 0. The summed E-state index contributed by atoms with van der Waals surface area (Å²) in [6.07, 6.45) is 1.87. The minimum absolute atomic E-state index is 0.0350. The molecule has 0 spiro atoms. The summed E-state index contributed by atoms with van der Waals surface area (Å²) < 4.78 is 4.95. The molecule has 0 radical (unpaired) electrons. The van der Waals surface area contributed by atoms with Gasteiger partial charge in [-0.25, -0.2) is 4.99 Å². The third-order valence-electron chi connectivity index (χ3n) is 3.93. The number of nitro groups is 1. The lowest BCUT2D eigenvalue weighted by Gasteiger charge is -2.36. The van der Waals surface area contributed by atoms with Crippen molar-refractivity contribution < 1.29 is 14.5 Å². The number of hydrogen-bond donors (Lipinski definition) is 0. The van der Waals surface area contributed by atoms with Crippen LogP contribution in [0.4, 0.5) is 5.69 Å². The van der Waals surface area contributed by atoms with Crippen molar-refractivity contribution in [1.29, 1.82) is 5.26 Å². The molecule has 28 heavy (non-hydrogen) atoms. The number of nitrogens with zero attached hydrogens (tertiary/aromatic N) is 4. The number of rotatable bonds is 7. The summed E-state index contributed by atoms with van der Waals surface area (Å²) in [6.45, 7) is 4.50. The monoisotopic (exact) mass is 420 g/mol. The maximum absolute atomic E-state index is 11.7. The lowest BCUT2D eigenvalue weighted by molar-refractivity contribution is -0.384. The summed E-state index contributed by atoms with van der Waals surface area (Å²) in [4.78, 5) is 29.0. The highest BCUT2D eigenvalue weighted by atomic mass is 32.2. The molecule has 0 aliphatic carbocycles. The standard InChI is InChI=1S/C18H20N4O4S2/c1-4-21-16(12-7-6-8-13(9-12)22(24)25)14(10-19)17(20-18(21)27-3)28-11-15(23)26-5-2/h6-9,16H,4-5,11H2,1-3H3. The molecule has 1 aliphatic heterocycles. The van der Waals surface area contributed by atoms with Crippen molar-refractivity contribution in [1.82, 2.24) is 4.90 Å². The van der Waals surface area contributed by atoms with Crippen molar-refractivity contribution in [2.45, 2.75) is 19.9 Å². The Hall–Kier alpha value is -2.51. The van der Waals surface area contributed by atoms with E-state index in [0.717, 1.165) is 11.8 Å². The van der Waals surface area contributed by atoms with Crippen molar-refractivity contribution in [2.75, 3.05) is 25.2 Å². The van der Waals surface area contributed by atoms with Crippen LogP contribution < -0.4 is 0 Å². The molecule has 0 saturated carbocycles. The van der Waals surface area contributed by atoms with Gasteiger partial charge in [-0.1, -0.05) is 35.7 Å². The zero-order chi connectivity index (χ0) is 20.7. The van der Waals surface area contributed by atoms with Gasteiger partial charge < -0.3 is 9.64 Å². The molecule has 1 aliphatic rings. The minimum atomic E-state index is -0.514. The zero-order valence-corrected chi connectivity index (χ0v) is 17.4. The number of nitro benzene ring substituents is 1. The van der Waals surface area contributed by atoms with E-state index in [9.17, 15) is 20.2 Å². The first-order valence-corrected chi connectivity index (χ1v) is 10.7. The second-order valence-corrected chi connectivity index (χ2v) is 7.30. The number of esters is 1. The summed E-state index contributed by atoms with van der Waals surface area (Å²) in [5.74, 6) is -0.351. The highest BCUT2D eigenvalue weighted by Gasteiger charge is 2.33. The van der Waals surface area contributed by atoms with E-state index in [1.807, 2.05) is 18.1 Å². The molecule has 1 aromatic rings. The summed E-state index contributed by atoms with van der Waals surface area (Å²) >= 11 is 2.56. The average Bonchev–Trinajstić information content (AvgIpc) is 2.71. The van der Waals surface area contributed by atoms with Crippen molar-refractivity contribution >= 4 is 40.3 Å². The van der Waals surface area contributed by atoms with E-state index in [4.69, 9.17) is 4.74 Å². The van der Waals surface area contributed by atoms with E-state index >= 15 is 0 Å². The first-order valence-electron chi connectivity index (χ1n) is 8.53. The third kappa shape index (κ3) is 4.85. The number of carbonyl (C=O) groups excluding carboxylic acids is 1. The summed E-state index contributed by atoms with van der Waals surface area (Å²) in [5.41, 5.74) is 0.942. The second kappa shape index (κ2) is 10.1. The number of aliphatic imine (C=N–C) groups is 1. The molecular weight excluding hydrogens is 400 g/mol.